The van der Waals surface area contributed by atoms with Crippen molar-refractivity contribution in [3.05, 3.63) is 39.7 Å². The third-order valence-electron chi connectivity index (χ3n) is 4.75. The van der Waals surface area contributed by atoms with Gasteiger partial charge in [0, 0.05) is 17.1 Å². The minimum Gasteiger partial charge on any atom is -0.422 e. The van der Waals surface area contributed by atoms with Crippen LogP contribution >= 0.6 is 0 Å². The first-order valence-electron chi connectivity index (χ1n) is 8.40. The highest BCUT2D eigenvalue weighted by Crippen LogP contribution is 2.27. The Morgan fingerprint density at radius 3 is 2.56 bits per heavy atom. The van der Waals surface area contributed by atoms with Crippen molar-refractivity contribution in [1.29, 1.82) is 0 Å². The monoisotopic (exact) mass is 379 g/mol. The van der Waals surface area contributed by atoms with E-state index < -0.39 is 42.9 Å². The molecule has 0 saturated carbocycles. The third kappa shape index (κ3) is 3.47. The van der Waals surface area contributed by atoms with Crippen molar-refractivity contribution >= 4 is 22.4 Å². The maximum Gasteiger partial charge on any atom is 0.347 e. The first-order valence-corrected chi connectivity index (χ1v) is 8.40. The van der Waals surface area contributed by atoms with E-state index in [4.69, 9.17) is 14.3 Å². The summed E-state index contributed by atoms with van der Waals surface area (Å²) in [6.07, 6.45) is -5.38. The van der Waals surface area contributed by atoms with Gasteiger partial charge >= 0.3 is 5.63 Å². The molecule has 0 radical (unpaired) electrons. The summed E-state index contributed by atoms with van der Waals surface area (Å²) in [6, 6.07) is 3.66. The van der Waals surface area contributed by atoms with Crippen LogP contribution in [0.2, 0.25) is 0 Å². The van der Waals surface area contributed by atoms with Gasteiger partial charge in [-0.2, -0.15) is 0 Å². The number of ketones is 1. The van der Waals surface area contributed by atoms with E-state index in [1.54, 1.807) is 19.1 Å². The predicted octanol–water partition coefficient (Wildman–Crippen LogP) is -0.484. The van der Waals surface area contributed by atoms with Crippen LogP contribution in [0.1, 0.15) is 22.8 Å². The quantitative estimate of drug-likeness (QED) is 0.350. The molecule has 1 aromatic heterocycles. The summed E-state index contributed by atoms with van der Waals surface area (Å²) in [5, 5.41) is 42.7. The molecule has 0 amide bonds. The standard InChI is InChI=1S/C18H21NO8/c1-7-10-4-3-9(5-11(10)26-17(24)13(7)8(2)21)19-14-16(23)15(22)12(6-20)27-18(14)25/h3-5,12,14-16,18-20,22-23,25H,6H2,1-2H3/t12?,14?,15-,16-,18-/m0/s1. The smallest absolute Gasteiger partial charge is 0.347 e. The minimum absolute atomic E-state index is 0.00657. The molecular weight excluding hydrogens is 358 g/mol. The molecule has 0 bridgehead atoms. The molecule has 9 heteroatoms. The van der Waals surface area contributed by atoms with Gasteiger partial charge in [0.1, 0.15) is 35.5 Å². The molecule has 5 atom stereocenters. The van der Waals surface area contributed by atoms with Crippen LogP contribution < -0.4 is 10.9 Å². The van der Waals surface area contributed by atoms with Gasteiger partial charge < -0.3 is 34.9 Å². The number of ether oxygens (including phenoxy) is 1. The van der Waals surface area contributed by atoms with Gasteiger partial charge in [0.05, 0.1) is 6.61 Å². The lowest BCUT2D eigenvalue weighted by atomic mass is 9.96. The summed E-state index contributed by atoms with van der Waals surface area (Å²) in [5.74, 6) is -0.386. The van der Waals surface area contributed by atoms with E-state index in [2.05, 4.69) is 5.32 Å². The number of aliphatic hydroxyl groups is 4. The molecule has 1 fully saturated rings. The molecule has 1 aromatic carbocycles. The molecule has 27 heavy (non-hydrogen) atoms. The predicted molar refractivity (Wildman–Crippen MR) is 94.6 cm³/mol. The molecule has 1 aliphatic rings. The Morgan fingerprint density at radius 2 is 1.93 bits per heavy atom. The number of carbonyl (C=O) groups is 1. The van der Waals surface area contributed by atoms with Gasteiger partial charge in [-0.25, -0.2) is 4.79 Å². The van der Waals surface area contributed by atoms with Crippen LogP contribution in [0.3, 0.4) is 0 Å². The van der Waals surface area contributed by atoms with E-state index in [0.29, 0.717) is 16.6 Å². The number of rotatable bonds is 4. The second kappa shape index (κ2) is 7.37. The van der Waals surface area contributed by atoms with E-state index >= 15 is 0 Å². The van der Waals surface area contributed by atoms with Crippen molar-refractivity contribution in [2.75, 3.05) is 11.9 Å². The molecule has 2 unspecified atom stereocenters. The summed E-state index contributed by atoms with van der Waals surface area (Å²) < 4.78 is 10.3. The number of Topliss-reactive ketones (excluding diaryl/α,β-unsaturated/α-hetero) is 1. The first-order chi connectivity index (χ1) is 12.7. The minimum atomic E-state index is -1.48. The Kier molecular flexibility index (Phi) is 5.31. The molecule has 1 aliphatic heterocycles. The van der Waals surface area contributed by atoms with E-state index in [1.165, 1.54) is 13.0 Å². The van der Waals surface area contributed by atoms with Crippen LogP contribution in [0.25, 0.3) is 11.0 Å². The molecule has 3 rings (SSSR count). The molecule has 2 aromatic rings. The molecule has 9 nitrogen and oxygen atoms in total. The van der Waals surface area contributed by atoms with Crippen molar-refractivity contribution in [3.8, 4) is 0 Å². The van der Waals surface area contributed by atoms with Crippen LogP contribution in [0.4, 0.5) is 5.69 Å². The SMILES string of the molecule is CC(=O)c1c(C)c2ccc(NC3[C@@H](O)OC(CO)[C@H](O)[C@H]3O)cc2oc1=O. The highest BCUT2D eigenvalue weighted by molar-refractivity contribution is 5.99. The number of anilines is 1. The first kappa shape index (κ1) is 19.5. The number of hydrogen-bond donors (Lipinski definition) is 5. The van der Waals surface area contributed by atoms with Gasteiger partial charge in [-0.3, -0.25) is 4.79 Å². The van der Waals surface area contributed by atoms with Gasteiger partial charge in [-0.05, 0) is 31.5 Å². The molecule has 5 N–H and O–H groups in total. The Balaban J connectivity index is 1.93. The van der Waals surface area contributed by atoms with E-state index in [0.717, 1.165) is 0 Å². The van der Waals surface area contributed by atoms with Crippen LogP contribution in [-0.4, -0.2) is 63.5 Å². The zero-order valence-electron chi connectivity index (χ0n) is 14.7. The maximum absolute atomic E-state index is 12.0. The number of benzene rings is 1. The molecule has 0 aliphatic carbocycles. The summed E-state index contributed by atoms with van der Waals surface area (Å²) in [5.41, 5.74) is 0.367. The van der Waals surface area contributed by atoms with E-state index in [-0.39, 0.29) is 16.9 Å². The normalized spacial score (nSPS) is 28.3. The number of aryl methyl sites for hydroxylation is 1. The fourth-order valence-electron chi connectivity index (χ4n) is 3.30. The molecule has 0 spiro atoms. The van der Waals surface area contributed by atoms with Crippen molar-refractivity contribution in [2.24, 2.45) is 0 Å². The summed E-state index contributed by atoms with van der Waals surface area (Å²) in [4.78, 5) is 23.7. The van der Waals surface area contributed by atoms with Gasteiger partial charge in [-0.1, -0.05) is 0 Å². The summed E-state index contributed by atoms with van der Waals surface area (Å²) in [6.45, 7) is 2.38. The Hall–Kier alpha value is -2.30. The van der Waals surface area contributed by atoms with Crippen LogP contribution in [0, 0.1) is 6.92 Å². The van der Waals surface area contributed by atoms with Crippen molar-refractivity contribution in [3.63, 3.8) is 0 Å². The number of fused-ring (bicyclic) bond motifs is 1. The lowest BCUT2D eigenvalue weighted by Gasteiger charge is -2.40. The van der Waals surface area contributed by atoms with Crippen LogP contribution in [0.5, 0.6) is 0 Å². The highest BCUT2D eigenvalue weighted by Gasteiger charge is 2.43. The number of carbonyl (C=O) groups excluding carboxylic acids is 1. The molecular formula is C18H21NO8. The molecule has 1 saturated heterocycles. The average molecular weight is 379 g/mol. The van der Waals surface area contributed by atoms with Crippen molar-refractivity contribution in [2.45, 2.75) is 44.5 Å². The zero-order chi connectivity index (χ0) is 19.9. The van der Waals surface area contributed by atoms with Gasteiger partial charge in [0.2, 0.25) is 0 Å². The lowest BCUT2D eigenvalue weighted by molar-refractivity contribution is -0.245. The number of hydrogen-bond acceptors (Lipinski definition) is 9. The van der Waals surface area contributed by atoms with Crippen molar-refractivity contribution in [1.82, 2.24) is 0 Å². The number of aliphatic hydroxyl groups excluding tert-OH is 4. The second-order valence-corrected chi connectivity index (χ2v) is 6.56. The van der Waals surface area contributed by atoms with Gasteiger partial charge in [0.25, 0.3) is 0 Å². The third-order valence-corrected chi connectivity index (χ3v) is 4.75. The van der Waals surface area contributed by atoms with Crippen LogP contribution in [0.15, 0.2) is 27.4 Å². The van der Waals surface area contributed by atoms with Gasteiger partial charge in [0.15, 0.2) is 12.1 Å². The summed E-state index contributed by atoms with van der Waals surface area (Å²) in [7, 11) is 0. The summed E-state index contributed by atoms with van der Waals surface area (Å²) >= 11 is 0. The Morgan fingerprint density at radius 1 is 1.22 bits per heavy atom. The average Bonchev–Trinajstić information content (AvgIpc) is 2.61. The lowest BCUT2D eigenvalue weighted by Crippen LogP contribution is -2.61. The Labute approximate surface area is 153 Å². The highest BCUT2D eigenvalue weighted by atomic mass is 16.6. The fraction of sp³-hybridized carbons (Fsp3) is 0.444. The molecule has 2 heterocycles. The fourth-order valence-corrected chi connectivity index (χ4v) is 3.30. The van der Waals surface area contributed by atoms with Gasteiger partial charge in [-0.15, -0.1) is 0 Å². The van der Waals surface area contributed by atoms with Crippen molar-refractivity contribution < 1.29 is 34.4 Å². The largest absolute Gasteiger partial charge is 0.422 e. The Bertz CT molecular complexity index is 923. The second-order valence-electron chi connectivity index (χ2n) is 6.56. The van der Waals surface area contributed by atoms with Crippen LogP contribution in [-0.2, 0) is 4.74 Å². The van der Waals surface area contributed by atoms with E-state index in [9.17, 15) is 24.9 Å². The van der Waals surface area contributed by atoms with E-state index in [1.807, 2.05) is 0 Å². The topological polar surface area (TPSA) is 149 Å². The zero-order valence-corrected chi connectivity index (χ0v) is 14.7. The maximum atomic E-state index is 12.0. The number of nitrogens with one attached hydrogen (secondary N) is 1. The molecule has 146 valence electrons.